The van der Waals surface area contributed by atoms with Crippen molar-refractivity contribution in [2.45, 2.75) is 51.2 Å². The highest BCUT2D eigenvalue weighted by molar-refractivity contribution is 7.89. The molecule has 32 heavy (non-hydrogen) atoms. The third-order valence-electron chi connectivity index (χ3n) is 6.35. The van der Waals surface area contributed by atoms with E-state index in [1.165, 1.54) is 11.1 Å². The quantitative estimate of drug-likeness (QED) is 0.564. The predicted octanol–water partition coefficient (Wildman–Crippen LogP) is 3.11. The summed E-state index contributed by atoms with van der Waals surface area (Å²) in [5, 5.41) is 5.32. The standard InChI is InChI=1S/C24H33N5O2S/c1-3-4-11-29-23-10-9-21(32(25,30)31)16-22(23)26-24(29)18-28-14-12-27(13-15-28)17-20-8-6-5-7-19(20)2/h5-10,16H,3-4,11-15,17-18H2,1-2H3,(H2,25,30,31). The van der Waals surface area contributed by atoms with E-state index in [1.807, 2.05) is 6.07 Å². The molecule has 7 nitrogen and oxygen atoms in total. The molecule has 0 bridgehead atoms. The van der Waals surface area contributed by atoms with Crippen LogP contribution in [-0.4, -0.2) is 53.9 Å². The molecule has 0 radical (unpaired) electrons. The summed E-state index contributed by atoms with van der Waals surface area (Å²) in [6.45, 7) is 11.0. The lowest BCUT2D eigenvalue weighted by atomic mass is 10.1. The van der Waals surface area contributed by atoms with Gasteiger partial charge in [-0.15, -0.1) is 0 Å². The molecule has 2 aromatic carbocycles. The Labute approximate surface area is 190 Å². The van der Waals surface area contributed by atoms with E-state index in [4.69, 9.17) is 10.1 Å². The normalized spacial score (nSPS) is 16.1. The van der Waals surface area contributed by atoms with Crippen molar-refractivity contribution in [3.63, 3.8) is 0 Å². The molecule has 0 amide bonds. The SMILES string of the molecule is CCCCn1c(CN2CCN(Cc3ccccc3C)CC2)nc2cc(S(N)(=O)=O)ccc21. The molecule has 1 saturated heterocycles. The summed E-state index contributed by atoms with van der Waals surface area (Å²) in [5.41, 5.74) is 4.41. The Hall–Kier alpha value is -2.26. The molecular weight excluding hydrogens is 422 g/mol. The number of imidazole rings is 1. The molecule has 0 aliphatic carbocycles. The molecule has 3 aromatic rings. The number of rotatable bonds is 8. The van der Waals surface area contributed by atoms with Gasteiger partial charge in [-0.3, -0.25) is 9.80 Å². The number of unbranched alkanes of at least 4 members (excludes halogenated alkanes) is 1. The molecule has 2 N–H and O–H groups in total. The molecule has 1 aliphatic rings. The van der Waals surface area contributed by atoms with Gasteiger partial charge in [0.25, 0.3) is 0 Å². The van der Waals surface area contributed by atoms with Crippen LogP contribution in [0, 0.1) is 6.92 Å². The summed E-state index contributed by atoms with van der Waals surface area (Å²) in [4.78, 5) is 9.89. The Morgan fingerprint density at radius 2 is 1.69 bits per heavy atom. The number of benzene rings is 2. The minimum Gasteiger partial charge on any atom is -0.327 e. The van der Waals surface area contributed by atoms with Crippen LogP contribution < -0.4 is 5.14 Å². The highest BCUT2D eigenvalue weighted by Crippen LogP contribution is 2.22. The fraction of sp³-hybridized carbons (Fsp3) is 0.458. The van der Waals surface area contributed by atoms with Crippen LogP contribution in [0.3, 0.4) is 0 Å². The Morgan fingerprint density at radius 1 is 1.00 bits per heavy atom. The molecule has 1 aromatic heterocycles. The molecule has 8 heteroatoms. The first-order chi connectivity index (χ1) is 15.3. The van der Waals surface area contributed by atoms with Crippen molar-refractivity contribution in [1.82, 2.24) is 19.4 Å². The van der Waals surface area contributed by atoms with Gasteiger partial charge in [0.05, 0.1) is 22.5 Å². The van der Waals surface area contributed by atoms with Crippen molar-refractivity contribution in [1.29, 1.82) is 0 Å². The molecule has 0 saturated carbocycles. The number of sulfonamides is 1. The zero-order valence-electron chi connectivity index (χ0n) is 19.0. The van der Waals surface area contributed by atoms with Crippen LogP contribution in [0.2, 0.25) is 0 Å². The van der Waals surface area contributed by atoms with Gasteiger partial charge in [-0.05, 0) is 42.7 Å². The Kier molecular flexibility index (Phi) is 6.95. The number of primary sulfonamides is 1. The van der Waals surface area contributed by atoms with E-state index in [9.17, 15) is 8.42 Å². The van der Waals surface area contributed by atoms with Crippen molar-refractivity contribution in [2.75, 3.05) is 26.2 Å². The van der Waals surface area contributed by atoms with E-state index in [-0.39, 0.29) is 4.90 Å². The first-order valence-corrected chi connectivity index (χ1v) is 12.9. The van der Waals surface area contributed by atoms with Gasteiger partial charge in [-0.2, -0.15) is 0 Å². The number of nitrogens with two attached hydrogens (primary N) is 1. The van der Waals surface area contributed by atoms with Gasteiger partial charge in [-0.25, -0.2) is 18.5 Å². The van der Waals surface area contributed by atoms with E-state index in [0.29, 0.717) is 5.52 Å². The van der Waals surface area contributed by atoms with Crippen molar-refractivity contribution < 1.29 is 8.42 Å². The largest absolute Gasteiger partial charge is 0.327 e. The van der Waals surface area contributed by atoms with E-state index >= 15 is 0 Å². The van der Waals surface area contributed by atoms with Gasteiger partial charge < -0.3 is 4.57 Å². The van der Waals surface area contributed by atoms with Crippen LogP contribution in [0.15, 0.2) is 47.4 Å². The van der Waals surface area contributed by atoms with Crippen LogP contribution in [-0.2, 0) is 29.7 Å². The highest BCUT2D eigenvalue weighted by atomic mass is 32.2. The van der Waals surface area contributed by atoms with E-state index in [0.717, 1.165) is 70.0 Å². The summed E-state index contributed by atoms with van der Waals surface area (Å²) in [7, 11) is -3.74. The van der Waals surface area contributed by atoms with Gasteiger partial charge in [0.2, 0.25) is 10.0 Å². The molecule has 2 heterocycles. The average Bonchev–Trinajstić information content (AvgIpc) is 3.10. The summed E-state index contributed by atoms with van der Waals surface area (Å²) >= 11 is 0. The van der Waals surface area contributed by atoms with Crippen LogP contribution in [0.5, 0.6) is 0 Å². The maximum absolute atomic E-state index is 11.8. The average molecular weight is 456 g/mol. The maximum atomic E-state index is 11.8. The second-order valence-electron chi connectivity index (χ2n) is 8.71. The molecule has 4 rings (SSSR count). The molecule has 0 unspecified atom stereocenters. The first kappa shape index (κ1) is 22.9. The minimum atomic E-state index is -3.74. The van der Waals surface area contributed by atoms with E-state index in [1.54, 1.807) is 12.1 Å². The lowest BCUT2D eigenvalue weighted by Gasteiger charge is -2.34. The molecule has 172 valence electrons. The number of hydrogen-bond acceptors (Lipinski definition) is 5. The van der Waals surface area contributed by atoms with Crippen LogP contribution in [0.4, 0.5) is 0 Å². The van der Waals surface area contributed by atoms with Crippen LogP contribution in [0.25, 0.3) is 11.0 Å². The third kappa shape index (κ3) is 5.20. The molecular formula is C24H33N5O2S. The monoisotopic (exact) mass is 455 g/mol. The van der Waals surface area contributed by atoms with Gasteiger partial charge in [-0.1, -0.05) is 37.6 Å². The summed E-state index contributed by atoms with van der Waals surface area (Å²) in [5.74, 6) is 0.993. The van der Waals surface area contributed by atoms with Crippen molar-refractivity contribution in [3.05, 3.63) is 59.4 Å². The van der Waals surface area contributed by atoms with Gasteiger partial charge in [0.1, 0.15) is 5.82 Å². The number of fused-ring (bicyclic) bond motifs is 1. The number of hydrogen-bond donors (Lipinski definition) is 1. The Bertz CT molecular complexity index is 1180. The summed E-state index contributed by atoms with van der Waals surface area (Å²) in [6, 6.07) is 13.6. The first-order valence-electron chi connectivity index (χ1n) is 11.4. The maximum Gasteiger partial charge on any atom is 0.238 e. The fourth-order valence-electron chi connectivity index (χ4n) is 4.36. The zero-order chi connectivity index (χ0) is 22.7. The Balaban J connectivity index is 1.48. The second-order valence-corrected chi connectivity index (χ2v) is 10.3. The van der Waals surface area contributed by atoms with Gasteiger partial charge in [0.15, 0.2) is 0 Å². The lowest BCUT2D eigenvalue weighted by molar-refractivity contribution is 0.119. The van der Waals surface area contributed by atoms with E-state index < -0.39 is 10.0 Å². The topological polar surface area (TPSA) is 84.5 Å². The third-order valence-corrected chi connectivity index (χ3v) is 7.26. The van der Waals surface area contributed by atoms with Crippen molar-refractivity contribution >= 4 is 21.1 Å². The Morgan fingerprint density at radius 3 is 2.34 bits per heavy atom. The summed E-state index contributed by atoms with van der Waals surface area (Å²) < 4.78 is 25.8. The predicted molar refractivity (Wildman–Crippen MR) is 128 cm³/mol. The fourth-order valence-corrected chi connectivity index (χ4v) is 4.89. The number of aryl methyl sites for hydroxylation is 2. The molecule has 1 fully saturated rings. The number of nitrogens with zero attached hydrogens (tertiary/aromatic N) is 4. The highest BCUT2D eigenvalue weighted by Gasteiger charge is 2.21. The minimum absolute atomic E-state index is 0.113. The van der Waals surface area contributed by atoms with Crippen molar-refractivity contribution in [2.24, 2.45) is 5.14 Å². The smallest absolute Gasteiger partial charge is 0.238 e. The molecule has 0 spiro atoms. The van der Waals surface area contributed by atoms with Crippen LogP contribution in [0.1, 0.15) is 36.7 Å². The van der Waals surface area contributed by atoms with Crippen molar-refractivity contribution in [3.8, 4) is 0 Å². The molecule has 0 atom stereocenters. The number of piperazine rings is 1. The van der Waals surface area contributed by atoms with Gasteiger partial charge in [0, 0.05) is 39.3 Å². The number of aromatic nitrogens is 2. The van der Waals surface area contributed by atoms with Crippen LogP contribution >= 0.6 is 0 Å². The zero-order valence-corrected chi connectivity index (χ0v) is 19.8. The molecule has 1 aliphatic heterocycles. The lowest BCUT2D eigenvalue weighted by Crippen LogP contribution is -2.45. The van der Waals surface area contributed by atoms with Gasteiger partial charge >= 0.3 is 0 Å². The van der Waals surface area contributed by atoms with E-state index in [2.05, 4.69) is 52.5 Å². The summed E-state index contributed by atoms with van der Waals surface area (Å²) in [6.07, 6.45) is 2.14. The second kappa shape index (κ2) is 9.70.